The molecule has 0 radical (unpaired) electrons. The van der Waals surface area contributed by atoms with Crippen LogP contribution in [-0.4, -0.2) is 16.7 Å². The van der Waals surface area contributed by atoms with Crippen LogP contribution in [0, 0.1) is 5.82 Å². The van der Waals surface area contributed by atoms with Gasteiger partial charge in [-0.05, 0) is 49.3 Å². The molecule has 17 heavy (non-hydrogen) atoms. The number of aliphatic hydroxyl groups is 1. The number of hydrogen-bond acceptors (Lipinski definition) is 2. The highest BCUT2D eigenvalue weighted by molar-refractivity contribution is 5.24. The summed E-state index contributed by atoms with van der Waals surface area (Å²) in [7, 11) is 0. The fourth-order valence-electron chi connectivity index (χ4n) is 2.66. The molecule has 0 amide bonds. The second kappa shape index (κ2) is 4.75. The van der Waals surface area contributed by atoms with E-state index >= 15 is 0 Å². The van der Waals surface area contributed by atoms with E-state index in [0.29, 0.717) is 0 Å². The largest absolute Gasteiger partial charge is 0.393 e. The maximum Gasteiger partial charge on any atom is 0.123 e. The van der Waals surface area contributed by atoms with Crippen molar-refractivity contribution < 1.29 is 9.50 Å². The lowest BCUT2D eigenvalue weighted by molar-refractivity contribution is 0.0897. The van der Waals surface area contributed by atoms with Gasteiger partial charge in [-0.25, -0.2) is 4.39 Å². The maximum absolute atomic E-state index is 12.9. The first kappa shape index (κ1) is 12.5. The van der Waals surface area contributed by atoms with Crippen LogP contribution in [0.5, 0.6) is 0 Å². The minimum atomic E-state index is -0.267. The maximum atomic E-state index is 12.9. The molecule has 1 atom stereocenters. The Balaban J connectivity index is 2.13. The first-order valence-corrected chi connectivity index (χ1v) is 6.24. The van der Waals surface area contributed by atoms with Gasteiger partial charge in [-0.15, -0.1) is 0 Å². The van der Waals surface area contributed by atoms with E-state index in [4.69, 9.17) is 5.73 Å². The molecule has 0 spiro atoms. The number of hydrogen-bond donors (Lipinski definition) is 2. The molecule has 2 rings (SSSR count). The summed E-state index contributed by atoms with van der Waals surface area (Å²) in [5, 5.41) is 9.52. The van der Waals surface area contributed by atoms with Crippen LogP contribution in [0.2, 0.25) is 0 Å². The van der Waals surface area contributed by atoms with Crippen LogP contribution in [0.15, 0.2) is 24.3 Å². The van der Waals surface area contributed by atoms with E-state index in [1.165, 1.54) is 12.1 Å². The van der Waals surface area contributed by atoms with Crippen LogP contribution in [0.3, 0.4) is 0 Å². The van der Waals surface area contributed by atoms with Crippen molar-refractivity contribution >= 4 is 0 Å². The summed E-state index contributed by atoms with van der Waals surface area (Å²) in [6, 6.07) is 6.57. The molecule has 1 aromatic carbocycles. The van der Waals surface area contributed by atoms with Crippen molar-refractivity contribution in [2.24, 2.45) is 5.73 Å². The van der Waals surface area contributed by atoms with E-state index in [9.17, 15) is 9.50 Å². The quantitative estimate of drug-likeness (QED) is 0.830. The highest BCUT2D eigenvalue weighted by Gasteiger charge is 2.36. The van der Waals surface area contributed by atoms with Crippen molar-refractivity contribution in [2.75, 3.05) is 0 Å². The fourth-order valence-corrected chi connectivity index (χ4v) is 2.66. The van der Waals surface area contributed by atoms with Crippen LogP contribution in [0.1, 0.15) is 44.1 Å². The van der Waals surface area contributed by atoms with Gasteiger partial charge in [0.05, 0.1) is 6.10 Å². The molecule has 0 saturated heterocycles. The third-order valence-corrected chi connectivity index (χ3v) is 4.12. The monoisotopic (exact) mass is 237 g/mol. The van der Waals surface area contributed by atoms with Gasteiger partial charge in [0.2, 0.25) is 0 Å². The van der Waals surface area contributed by atoms with Gasteiger partial charge in [-0.2, -0.15) is 0 Å². The third kappa shape index (κ3) is 2.67. The molecular weight excluding hydrogens is 217 g/mol. The molecule has 0 aliphatic heterocycles. The van der Waals surface area contributed by atoms with Crippen molar-refractivity contribution in [1.82, 2.24) is 0 Å². The summed E-state index contributed by atoms with van der Waals surface area (Å²) in [5.41, 5.74) is 7.24. The average Bonchev–Trinajstić information content (AvgIpc) is 2.33. The molecule has 0 bridgehead atoms. The highest BCUT2D eigenvalue weighted by atomic mass is 19.1. The zero-order valence-corrected chi connectivity index (χ0v) is 10.2. The molecule has 3 heteroatoms. The van der Waals surface area contributed by atoms with Crippen LogP contribution < -0.4 is 5.73 Å². The average molecular weight is 237 g/mol. The summed E-state index contributed by atoms with van der Waals surface area (Å²) in [4.78, 5) is 0. The molecule has 0 heterocycles. The van der Waals surface area contributed by atoms with Gasteiger partial charge in [-0.1, -0.05) is 19.1 Å². The fraction of sp³-hybridized carbons (Fsp3) is 0.571. The molecule has 0 aromatic heterocycles. The molecule has 3 N–H and O–H groups in total. The van der Waals surface area contributed by atoms with Crippen molar-refractivity contribution in [2.45, 2.75) is 50.2 Å². The van der Waals surface area contributed by atoms with Gasteiger partial charge >= 0.3 is 0 Å². The second-order valence-electron chi connectivity index (χ2n) is 5.24. The number of aliphatic hydroxyl groups excluding tert-OH is 1. The van der Waals surface area contributed by atoms with Crippen molar-refractivity contribution in [3.8, 4) is 0 Å². The second-order valence-corrected chi connectivity index (χ2v) is 5.24. The standard InChI is InChI=1S/C14H20FNO/c1-10(11-2-4-12(15)5-3-11)14(16)8-6-13(17)7-9-14/h2-5,10,13,17H,6-9,16H2,1H3. The molecular formula is C14H20FNO. The van der Waals surface area contributed by atoms with Crippen LogP contribution in [0.4, 0.5) is 4.39 Å². The zero-order chi connectivity index (χ0) is 12.5. The first-order valence-electron chi connectivity index (χ1n) is 6.24. The van der Waals surface area contributed by atoms with E-state index in [1.54, 1.807) is 12.1 Å². The molecule has 2 nitrogen and oxygen atoms in total. The molecule has 1 aliphatic carbocycles. The summed E-state index contributed by atoms with van der Waals surface area (Å²) >= 11 is 0. The number of benzene rings is 1. The van der Waals surface area contributed by atoms with Crippen molar-refractivity contribution in [1.29, 1.82) is 0 Å². The lowest BCUT2D eigenvalue weighted by Gasteiger charge is -2.40. The predicted molar refractivity (Wildman–Crippen MR) is 66.2 cm³/mol. The van der Waals surface area contributed by atoms with Gasteiger partial charge in [0.25, 0.3) is 0 Å². The van der Waals surface area contributed by atoms with Gasteiger partial charge < -0.3 is 10.8 Å². The Morgan fingerprint density at radius 1 is 1.29 bits per heavy atom. The smallest absolute Gasteiger partial charge is 0.123 e. The van der Waals surface area contributed by atoms with Crippen molar-refractivity contribution in [3.05, 3.63) is 35.6 Å². The lowest BCUT2D eigenvalue weighted by atomic mass is 9.71. The Morgan fingerprint density at radius 3 is 2.35 bits per heavy atom. The predicted octanol–water partition coefficient (Wildman–Crippen LogP) is 2.56. The van der Waals surface area contributed by atoms with Crippen molar-refractivity contribution in [3.63, 3.8) is 0 Å². The molecule has 1 fully saturated rings. The van der Waals surface area contributed by atoms with E-state index in [2.05, 4.69) is 6.92 Å². The summed E-state index contributed by atoms with van der Waals surface area (Å²) in [5.74, 6) is -0.0262. The molecule has 1 unspecified atom stereocenters. The first-order chi connectivity index (χ1) is 8.01. The zero-order valence-electron chi connectivity index (χ0n) is 10.2. The Morgan fingerprint density at radius 2 is 1.82 bits per heavy atom. The number of rotatable bonds is 2. The summed E-state index contributed by atoms with van der Waals surface area (Å²) in [6.45, 7) is 2.09. The minimum absolute atomic E-state index is 0.190. The Bertz CT molecular complexity index is 368. The van der Waals surface area contributed by atoms with E-state index in [1.807, 2.05) is 0 Å². The Kier molecular flexibility index (Phi) is 3.50. The molecule has 94 valence electrons. The van der Waals surface area contributed by atoms with Crippen LogP contribution >= 0.6 is 0 Å². The van der Waals surface area contributed by atoms with Gasteiger partial charge in [-0.3, -0.25) is 0 Å². The summed E-state index contributed by atoms with van der Waals surface area (Å²) < 4.78 is 12.9. The number of nitrogens with two attached hydrogens (primary N) is 1. The van der Waals surface area contributed by atoms with Gasteiger partial charge in [0, 0.05) is 5.54 Å². The highest BCUT2D eigenvalue weighted by Crippen LogP contribution is 2.37. The van der Waals surface area contributed by atoms with Gasteiger partial charge in [0.1, 0.15) is 5.82 Å². The summed E-state index contributed by atoms with van der Waals surface area (Å²) in [6.07, 6.45) is 2.98. The molecule has 1 aromatic rings. The Labute approximate surface area is 102 Å². The van der Waals surface area contributed by atoms with E-state index in [-0.39, 0.29) is 23.4 Å². The lowest BCUT2D eigenvalue weighted by Crippen LogP contribution is -2.48. The van der Waals surface area contributed by atoms with Crippen LogP contribution in [-0.2, 0) is 0 Å². The molecule has 1 aliphatic rings. The number of halogens is 1. The van der Waals surface area contributed by atoms with Crippen LogP contribution in [0.25, 0.3) is 0 Å². The normalized spacial score (nSPS) is 31.2. The SMILES string of the molecule is CC(c1ccc(F)cc1)C1(N)CCC(O)CC1. The topological polar surface area (TPSA) is 46.2 Å². The molecule has 1 saturated carbocycles. The van der Waals surface area contributed by atoms with E-state index < -0.39 is 0 Å². The Hall–Kier alpha value is -0.930. The van der Waals surface area contributed by atoms with E-state index in [0.717, 1.165) is 31.2 Å². The minimum Gasteiger partial charge on any atom is -0.393 e. The third-order valence-electron chi connectivity index (χ3n) is 4.12. The van der Waals surface area contributed by atoms with Gasteiger partial charge in [0.15, 0.2) is 0 Å².